The van der Waals surface area contributed by atoms with Crippen LogP contribution in [0.3, 0.4) is 0 Å². The third kappa shape index (κ3) is 4.24. The van der Waals surface area contributed by atoms with Crippen molar-refractivity contribution in [2.45, 2.75) is 13.5 Å². The highest BCUT2D eigenvalue weighted by Gasteiger charge is 2.03. The Bertz CT molecular complexity index is 366. The first-order valence-electron chi connectivity index (χ1n) is 5.12. The van der Waals surface area contributed by atoms with Crippen molar-refractivity contribution >= 4 is 15.9 Å². The van der Waals surface area contributed by atoms with Crippen LogP contribution in [0.1, 0.15) is 12.5 Å². The van der Waals surface area contributed by atoms with Gasteiger partial charge in [-0.15, -0.1) is 0 Å². The Morgan fingerprint density at radius 2 is 2.31 bits per heavy atom. The summed E-state index contributed by atoms with van der Waals surface area (Å²) in [5.74, 6) is 0.704. The molecule has 4 heteroatoms. The molecule has 0 saturated heterocycles. The molecule has 0 saturated carbocycles. The van der Waals surface area contributed by atoms with Crippen LogP contribution in [-0.4, -0.2) is 18.3 Å². The van der Waals surface area contributed by atoms with E-state index in [-0.39, 0.29) is 5.75 Å². The van der Waals surface area contributed by atoms with E-state index >= 15 is 0 Å². The summed E-state index contributed by atoms with van der Waals surface area (Å²) in [6.07, 6.45) is 0. The van der Waals surface area contributed by atoms with Gasteiger partial charge in [-0.2, -0.15) is 0 Å². The SMILES string of the molecule is C=C(Br)CNCc1ccc(O)c(OCC)c1. The van der Waals surface area contributed by atoms with E-state index in [9.17, 15) is 5.11 Å². The molecule has 0 heterocycles. The number of hydrogen-bond donors (Lipinski definition) is 2. The van der Waals surface area contributed by atoms with Gasteiger partial charge in [0.15, 0.2) is 11.5 Å². The van der Waals surface area contributed by atoms with Crippen LogP contribution < -0.4 is 10.1 Å². The minimum atomic E-state index is 0.176. The summed E-state index contributed by atoms with van der Waals surface area (Å²) in [6.45, 7) is 7.60. The van der Waals surface area contributed by atoms with Gasteiger partial charge < -0.3 is 15.2 Å². The Kier molecular flexibility index (Phi) is 5.35. The molecule has 0 aliphatic carbocycles. The average Bonchev–Trinajstić information content (AvgIpc) is 2.22. The van der Waals surface area contributed by atoms with Gasteiger partial charge >= 0.3 is 0 Å². The normalized spacial score (nSPS) is 10.1. The van der Waals surface area contributed by atoms with E-state index in [0.29, 0.717) is 25.4 Å². The molecule has 0 aliphatic rings. The Hall–Kier alpha value is -1.00. The van der Waals surface area contributed by atoms with Gasteiger partial charge in [0, 0.05) is 17.6 Å². The number of rotatable bonds is 6. The summed E-state index contributed by atoms with van der Waals surface area (Å²) in [4.78, 5) is 0. The minimum absolute atomic E-state index is 0.176. The average molecular weight is 286 g/mol. The van der Waals surface area contributed by atoms with E-state index in [1.165, 1.54) is 0 Å². The molecule has 2 N–H and O–H groups in total. The summed E-state index contributed by atoms with van der Waals surface area (Å²) in [7, 11) is 0. The molecule has 0 radical (unpaired) electrons. The molecule has 0 unspecified atom stereocenters. The Balaban J connectivity index is 2.60. The molecule has 3 nitrogen and oxygen atoms in total. The van der Waals surface area contributed by atoms with E-state index in [2.05, 4.69) is 27.8 Å². The zero-order valence-corrected chi connectivity index (χ0v) is 10.9. The molecular weight excluding hydrogens is 270 g/mol. The van der Waals surface area contributed by atoms with E-state index in [1.807, 2.05) is 19.1 Å². The lowest BCUT2D eigenvalue weighted by Crippen LogP contribution is -2.14. The zero-order chi connectivity index (χ0) is 12.0. The van der Waals surface area contributed by atoms with Gasteiger partial charge in [0.2, 0.25) is 0 Å². The summed E-state index contributed by atoms with van der Waals surface area (Å²) >= 11 is 3.28. The standard InChI is InChI=1S/C12H16BrNO2/c1-3-16-12-6-10(4-5-11(12)15)8-14-7-9(2)13/h4-6,14-15H,2-3,7-8H2,1H3. The van der Waals surface area contributed by atoms with Gasteiger partial charge in [-0.05, 0) is 24.6 Å². The first-order chi connectivity index (χ1) is 7.63. The molecule has 16 heavy (non-hydrogen) atoms. The van der Waals surface area contributed by atoms with Gasteiger partial charge in [-0.1, -0.05) is 28.6 Å². The summed E-state index contributed by atoms with van der Waals surface area (Å²) < 4.78 is 6.21. The number of phenols is 1. The molecule has 0 atom stereocenters. The number of ether oxygens (including phenoxy) is 1. The van der Waals surface area contributed by atoms with Crippen molar-refractivity contribution < 1.29 is 9.84 Å². The highest BCUT2D eigenvalue weighted by Crippen LogP contribution is 2.26. The second kappa shape index (κ2) is 6.55. The van der Waals surface area contributed by atoms with E-state index in [4.69, 9.17) is 4.74 Å². The highest BCUT2D eigenvalue weighted by molar-refractivity contribution is 9.11. The molecule has 0 aliphatic heterocycles. The lowest BCUT2D eigenvalue weighted by Gasteiger charge is -2.09. The second-order valence-corrected chi connectivity index (χ2v) is 4.48. The molecule has 88 valence electrons. The van der Waals surface area contributed by atoms with Gasteiger partial charge in [0.05, 0.1) is 6.61 Å². The number of benzene rings is 1. The smallest absolute Gasteiger partial charge is 0.161 e. The fourth-order valence-electron chi connectivity index (χ4n) is 1.28. The van der Waals surface area contributed by atoms with Crippen molar-refractivity contribution in [1.29, 1.82) is 0 Å². The van der Waals surface area contributed by atoms with Crippen LogP contribution in [0.5, 0.6) is 11.5 Å². The molecule has 0 spiro atoms. The molecular formula is C12H16BrNO2. The first kappa shape index (κ1) is 13.1. The summed E-state index contributed by atoms with van der Waals surface area (Å²) in [5.41, 5.74) is 1.06. The van der Waals surface area contributed by atoms with Crippen LogP contribution in [0, 0.1) is 0 Å². The molecule has 1 rings (SSSR count). The monoisotopic (exact) mass is 285 g/mol. The summed E-state index contributed by atoms with van der Waals surface area (Å²) in [5, 5.41) is 12.7. The Morgan fingerprint density at radius 1 is 1.56 bits per heavy atom. The second-order valence-electron chi connectivity index (χ2n) is 3.36. The maximum atomic E-state index is 9.51. The van der Waals surface area contributed by atoms with Crippen LogP contribution in [0.25, 0.3) is 0 Å². The fraction of sp³-hybridized carbons (Fsp3) is 0.333. The zero-order valence-electron chi connectivity index (χ0n) is 9.29. The van der Waals surface area contributed by atoms with Gasteiger partial charge in [-0.3, -0.25) is 0 Å². The van der Waals surface area contributed by atoms with Crippen molar-refractivity contribution in [3.8, 4) is 11.5 Å². The third-order valence-electron chi connectivity index (χ3n) is 1.97. The van der Waals surface area contributed by atoms with Crippen molar-refractivity contribution in [3.63, 3.8) is 0 Å². The van der Waals surface area contributed by atoms with Crippen LogP contribution in [0.2, 0.25) is 0 Å². The lowest BCUT2D eigenvalue weighted by atomic mass is 10.2. The van der Waals surface area contributed by atoms with Crippen LogP contribution in [0.4, 0.5) is 0 Å². The highest BCUT2D eigenvalue weighted by atomic mass is 79.9. The minimum Gasteiger partial charge on any atom is -0.504 e. The number of halogens is 1. The fourth-order valence-corrected chi connectivity index (χ4v) is 1.48. The predicted molar refractivity (Wildman–Crippen MR) is 69.0 cm³/mol. The van der Waals surface area contributed by atoms with E-state index in [1.54, 1.807) is 6.07 Å². The molecule has 0 aromatic heterocycles. The number of phenolic OH excluding ortho intramolecular Hbond substituents is 1. The van der Waals surface area contributed by atoms with Crippen molar-refractivity contribution in [2.75, 3.05) is 13.2 Å². The largest absolute Gasteiger partial charge is 0.504 e. The van der Waals surface area contributed by atoms with Gasteiger partial charge in [-0.25, -0.2) is 0 Å². The van der Waals surface area contributed by atoms with Gasteiger partial charge in [0.1, 0.15) is 0 Å². The molecule has 1 aromatic carbocycles. The Labute approximate surface area is 104 Å². The summed E-state index contributed by atoms with van der Waals surface area (Å²) in [6, 6.07) is 5.34. The van der Waals surface area contributed by atoms with Gasteiger partial charge in [0.25, 0.3) is 0 Å². The van der Waals surface area contributed by atoms with Crippen molar-refractivity contribution in [2.24, 2.45) is 0 Å². The van der Waals surface area contributed by atoms with Crippen molar-refractivity contribution in [3.05, 3.63) is 34.8 Å². The van der Waals surface area contributed by atoms with Crippen molar-refractivity contribution in [1.82, 2.24) is 5.32 Å². The first-order valence-corrected chi connectivity index (χ1v) is 5.91. The van der Waals surface area contributed by atoms with Crippen LogP contribution in [-0.2, 0) is 6.54 Å². The van der Waals surface area contributed by atoms with E-state index < -0.39 is 0 Å². The molecule has 1 aromatic rings. The predicted octanol–water partition coefficient (Wildman–Crippen LogP) is 2.79. The number of hydrogen-bond acceptors (Lipinski definition) is 3. The third-order valence-corrected chi connectivity index (χ3v) is 2.25. The molecule has 0 bridgehead atoms. The van der Waals surface area contributed by atoms with Crippen LogP contribution in [0.15, 0.2) is 29.3 Å². The molecule has 0 amide bonds. The number of nitrogens with one attached hydrogen (secondary N) is 1. The molecule has 0 fully saturated rings. The maximum Gasteiger partial charge on any atom is 0.161 e. The quantitative estimate of drug-likeness (QED) is 0.845. The number of aromatic hydroxyl groups is 1. The Morgan fingerprint density at radius 3 is 2.94 bits per heavy atom. The topological polar surface area (TPSA) is 41.5 Å². The van der Waals surface area contributed by atoms with Crippen LogP contribution >= 0.6 is 15.9 Å². The maximum absolute atomic E-state index is 9.51. The lowest BCUT2D eigenvalue weighted by molar-refractivity contribution is 0.317. The van der Waals surface area contributed by atoms with E-state index in [0.717, 1.165) is 10.0 Å².